The van der Waals surface area contributed by atoms with Crippen molar-refractivity contribution in [2.24, 2.45) is 0 Å². The van der Waals surface area contributed by atoms with Gasteiger partial charge in [0.25, 0.3) is 0 Å². The minimum absolute atomic E-state index is 0.145. The summed E-state index contributed by atoms with van der Waals surface area (Å²) in [5, 5.41) is 10.9. The number of carboxylic acid groups (broad SMARTS) is 1. The van der Waals surface area contributed by atoms with E-state index in [1.807, 2.05) is 6.92 Å². The Balaban J connectivity index is 4.70. The SMILES string of the molecule is CCCC(COC)NC(=O)N(CC(=O)O)CC(F)(F)F. The second kappa shape index (κ2) is 8.62. The lowest BCUT2D eigenvalue weighted by atomic mass is 10.2. The van der Waals surface area contributed by atoms with E-state index in [1.165, 1.54) is 7.11 Å². The predicted octanol–water partition coefficient (Wildman–Crippen LogP) is 1.46. The fourth-order valence-electron chi connectivity index (χ4n) is 1.59. The molecule has 0 heterocycles. The first kappa shape index (κ1) is 18.5. The molecule has 20 heavy (non-hydrogen) atoms. The first-order valence-corrected chi connectivity index (χ1v) is 6.02. The number of methoxy groups -OCH3 is 1. The summed E-state index contributed by atoms with van der Waals surface area (Å²) in [6.07, 6.45) is -3.44. The maximum Gasteiger partial charge on any atom is 0.406 e. The van der Waals surface area contributed by atoms with Crippen molar-refractivity contribution in [3.8, 4) is 0 Å². The number of aliphatic carboxylic acids is 1. The van der Waals surface area contributed by atoms with E-state index in [0.29, 0.717) is 12.8 Å². The Morgan fingerprint density at radius 3 is 2.40 bits per heavy atom. The van der Waals surface area contributed by atoms with Crippen LogP contribution in [0.15, 0.2) is 0 Å². The lowest BCUT2D eigenvalue weighted by Gasteiger charge is -2.25. The highest BCUT2D eigenvalue weighted by Crippen LogP contribution is 2.16. The Morgan fingerprint density at radius 2 is 2.00 bits per heavy atom. The Morgan fingerprint density at radius 1 is 1.40 bits per heavy atom. The molecule has 0 aromatic heterocycles. The van der Waals surface area contributed by atoms with Crippen molar-refractivity contribution < 1.29 is 32.6 Å². The van der Waals surface area contributed by atoms with Gasteiger partial charge in [0.2, 0.25) is 0 Å². The molecule has 1 unspecified atom stereocenters. The zero-order chi connectivity index (χ0) is 15.8. The second-order valence-corrected chi connectivity index (χ2v) is 4.26. The highest BCUT2D eigenvalue weighted by molar-refractivity contribution is 5.80. The van der Waals surface area contributed by atoms with Crippen molar-refractivity contribution in [2.45, 2.75) is 32.0 Å². The molecule has 0 radical (unpaired) electrons. The maximum atomic E-state index is 12.3. The number of amides is 2. The Hall–Kier alpha value is -1.51. The van der Waals surface area contributed by atoms with Gasteiger partial charge in [-0.15, -0.1) is 0 Å². The molecule has 0 saturated heterocycles. The molecular formula is C11H19F3N2O4. The summed E-state index contributed by atoms with van der Waals surface area (Å²) in [7, 11) is 1.40. The van der Waals surface area contributed by atoms with Crippen LogP contribution in [0.2, 0.25) is 0 Å². The van der Waals surface area contributed by atoms with Crippen LogP contribution in [-0.4, -0.2) is 61.0 Å². The van der Waals surface area contributed by atoms with E-state index in [2.05, 4.69) is 5.32 Å². The van der Waals surface area contributed by atoms with Crippen LogP contribution in [0.5, 0.6) is 0 Å². The number of nitrogens with zero attached hydrogens (tertiary/aromatic N) is 1. The van der Waals surface area contributed by atoms with Crippen molar-refractivity contribution in [1.29, 1.82) is 0 Å². The van der Waals surface area contributed by atoms with E-state index in [1.54, 1.807) is 0 Å². The van der Waals surface area contributed by atoms with Crippen LogP contribution in [0.1, 0.15) is 19.8 Å². The van der Waals surface area contributed by atoms with Gasteiger partial charge in [-0.05, 0) is 6.42 Å². The van der Waals surface area contributed by atoms with Crippen LogP contribution in [0.4, 0.5) is 18.0 Å². The molecule has 9 heteroatoms. The van der Waals surface area contributed by atoms with Crippen molar-refractivity contribution in [2.75, 3.05) is 26.8 Å². The molecule has 1 atom stereocenters. The van der Waals surface area contributed by atoms with Crippen molar-refractivity contribution >= 4 is 12.0 Å². The van der Waals surface area contributed by atoms with Gasteiger partial charge >= 0.3 is 18.2 Å². The average molecular weight is 300 g/mol. The number of carbonyl (C=O) groups excluding carboxylic acids is 1. The van der Waals surface area contributed by atoms with Gasteiger partial charge in [0.05, 0.1) is 12.6 Å². The number of carboxylic acids is 1. The van der Waals surface area contributed by atoms with Crippen molar-refractivity contribution in [1.82, 2.24) is 10.2 Å². The summed E-state index contributed by atoms with van der Waals surface area (Å²) in [4.78, 5) is 22.4. The monoisotopic (exact) mass is 300 g/mol. The van der Waals surface area contributed by atoms with E-state index in [4.69, 9.17) is 9.84 Å². The number of ether oxygens (including phenoxy) is 1. The largest absolute Gasteiger partial charge is 0.480 e. The number of carbonyl (C=O) groups is 2. The van der Waals surface area contributed by atoms with Crippen LogP contribution in [0.3, 0.4) is 0 Å². The third-order valence-corrected chi connectivity index (χ3v) is 2.32. The molecule has 0 saturated carbocycles. The van der Waals surface area contributed by atoms with Crippen LogP contribution < -0.4 is 5.32 Å². The topological polar surface area (TPSA) is 78.9 Å². The van der Waals surface area contributed by atoms with E-state index < -0.39 is 37.3 Å². The third-order valence-electron chi connectivity index (χ3n) is 2.32. The summed E-state index contributed by atoms with van der Waals surface area (Å²) in [5.41, 5.74) is 0. The fraction of sp³-hybridized carbons (Fsp3) is 0.818. The Bertz CT molecular complexity index is 317. The average Bonchev–Trinajstić information content (AvgIpc) is 2.26. The zero-order valence-electron chi connectivity index (χ0n) is 11.4. The molecule has 0 aliphatic heterocycles. The van der Waals surface area contributed by atoms with Crippen LogP contribution in [0.25, 0.3) is 0 Å². The molecule has 0 rings (SSSR count). The summed E-state index contributed by atoms with van der Waals surface area (Å²) in [6.45, 7) is -0.639. The molecule has 2 amide bonds. The Kier molecular flexibility index (Phi) is 7.97. The van der Waals surface area contributed by atoms with Crippen LogP contribution >= 0.6 is 0 Å². The van der Waals surface area contributed by atoms with Gasteiger partial charge in [-0.25, -0.2) is 4.79 Å². The summed E-state index contributed by atoms with van der Waals surface area (Å²) in [5.74, 6) is -1.51. The number of alkyl halides is 3. The molecule has 0 fully saturated rings. The number of rotatable bonds is 8. The minimum atomic E-state index is -4.66. The second-order valence-electron chi connectivity index (χ2n) is 4.26. The van der Waals surface area contributed by atoms with Crippen LogP contribution in [0, 0.1) is 0 Å². The number of hydrogen-bond donors (Lipinski definition) is 2. The number of halogens is 3. The fourth-order valence-corrected chi connectivity index (χ4v) is 1.59. The van der Waals surface area contributed by atoms with Crippen molar-refractivity contribution in [3.05, 3.63) is 0 Å². The molecule has 0 aliphatic rings. The van der Waals surface area contributed by atoms with Crippen LogP contribution in [-0.2, 0) is 9.53 Å². The van der Waals surface area contributed by atoms with E-state index in [0.717, 1.165) is 0 Å². The molecular weight excluding hydrogens is 281 g/mol. The molecule has 0 aliphatic carbocycles. The zero-order valence-corrected chi connectivity index (χ0v) is 11.4. The number of nitrogens with one attached hydrogen (secondary N) is 1. The van der Waals surface area contributed by atoms with Gasteiger partial charge < -0.3 is 20.1 Å². The maximum absolute atomic E-state index is 12.3. The lowest BCUT2D eigenvalue weighted by Crippen LogP contribution is -2.50. The van der Waals surface area contributed by atoms with Gasteiger partial charge in [0.1, 0.15) is 13.1 Å². The predicted molar refractivity (Wildman–Crippen MR) is 64.4 cm³/mol. The van der Waals surface area contributed by atoms with E-state index in [-0.39, 0.29) is 11.5 Å². The summed E-state index contributed by atoms with van der Waals surface area (Å²) < 4.78 is 41.8. The smallest absolute Gasteiger partial charge is 0.406 e. The highest BCUT2D eigenvalue weighted by atomic mass is 19.4. The quantitative estimate of drug-likeness (QED) is 0.711. The summed E-state index contributed by atoms with van der Waals surface area (Å²) in [6, 6.07) is -1.53. The highest BCUT2D eigenvalue weighted by Gasteiger charge is 2.34. The molecule has 0 aromatic rings. The summed E-state index contributed by atoms with van der Waals surface area (Å²) >= 11 is 0. The lowest BCUT2D eigenvalue weighted by molar-refractivity contribution is -0.149. The first-order chi connectivity index (χ1) is 9.19. The van der Waals surface area contributed by atoms with Crippen molar-refractivity contribution in [3.63, 3.8) is 0 Å². The Labute approximate surface area is 114 Å². The molecule has 0 bridgehead atoms. The molecule has 6 nitrogen and oxygen atoms in total. The van der Waals surface area contributed by atoms with Gasteiger partial charge in [0.15, 0.2) is 0 Å². The van der Waals surface area contributed by atoms with Gasteiger partial charge in [-0.2, -0.15) is 13.2 Å². The normalized spacial score (nSPS) is 12.8. The minimum Gasteiger partial charge on any atom is -0.480 e. The number of hydrogen-bond acceptors (Lipinski definition) is 3. The standard InChI is InChI=1S/C11H19F3N2O4/c1-3-4-8(6-20-2)15-10(19)16(5-9(17)18)7-11(12,13)14/h8H,3-7H2,1-2H3,(H,15,19)(H,17,18). The van der Waals surface area contributed by atoms with Gasteiger partial charge in [0, 0.05) is 7.11 Å². The van der Waals surface area contributed by atoms with Gasteiger partial charge in [-0.1, -0.05) is 13.3 Å². The van der Waals surface area contributed by atoms with E-state index in [9.17, 15) is 22.8 Å². The molecule has 0 spiro atoms. The molecule has 118 valence electrons. The van der Waals surface area contributed by atoms with Gasteiger partial charge in [-0.3, -0.25) is 4.79 Å². The molecule has 0 aromatic carbocycles. The molecule has 2 N–H and O–H groups in total. The third kappa shape index (κ3) is 8.57. The number of urea groups is 1. The van der Waals surface area contributed by atoms with E-state index >= 15 is 0 Å². The first-order valence-electron chi connectivity index (χ1n) is 6.02.